The fraction of sp³-hybridized carbons (Fsp3) is 0.333. The molecule has 0 saturated carbocycles. The second-order valence-electron chi connectivity index (χ2n) is 5.81. The van der Waals surface area contributed by atoms with E-state index in [1.54, 1.807) is 40.5 Å². The first-order valence-electron chi connectivity index (χ1n) is 7.72. The summed E-state index contributed by atoms with van der Waals surface area (Å²) in [6.45, 7) is 3.75. The summed E-state index contributed by atoms with van der Waals surface area (Å²) >= 11 is 1.55. The molecule has 4 nitrogen and oxygen atoms in total. The average Bonchev–Trinajstić information content (AvgIpc) is 2.96. The van der Waals surface area contributed by atoms with Gasteiger partial charge < -0.3 is 9.80 Å². The smallest absolute Gasteiger partial charge is 0.246 e. The molecule has 128 valence electrons. The summed E-state index contributed by atoms with van der Waals surface area (Å²) in [7, 11) is 3.93. The van der Waals surface area contributed by atoms with Gasteiger partial charge in [-0.3, -0.25) is 4.79 Å². The number of halogens is 1. The minimum absolute atomic E-state index is 0.0770. The van der Waals surface area contributed by atoms with Gasteiger partial charge in [0.2, 0.25) is 5.91 Å². The van der Waals surface area contributed by atoms with Crippen LogP contribution in [0, 0.1) is 12.7 Å². The first-order chi connectivity index (χ1) is 11.4. The quantitative estimate of drug-likeness (QED) is 0.722. The number of hydrogen-bond acceptors (Lipinski definition) is 4. The fourth-order valence-corrected chi connectivity index (χ4v) is 2.70. The summed E-state index contributed by atoms with van der Waals surface area (Å²) in [5.74, 6) is -0.351. The van der Waals surface area contributed by atoms with E-state index >= 15 is 0 Å². The Morgan fingerprint density at radius 2 is 1.96 bits per heavy atom. The molecule has 6 heteroatoms. The van der Waals surface area contributed by atoms with Crippen LogP contribution in [-0.4, -0.2) is 47.9 Å². The van der Waals surface area contributed by atoms with Gasteiger partial charge in [-0.2, -0.15) is 0 Å². The van der Waals surface area contributed by atoms with E-state index in [4.69, 9.17) is 0 Å². The third kappa shape index (κ3) is 5.86. The monoisotopic (exact) mass is 347 g/mol. The van der Waals surface area contributed by atoms with Crippen LogP contribution >= 0.6 is 11.3 Å². The lowest BCUT2D eigenvalue weighted by Gasteiger charge is -2.23. The Hall–Kier alpha value is -2.05. The highest BCUT2D eigenvalue weighted by atomic mass is 32.1. The summed E-state index contributed by atoms with van der Waals surface area (Å²) < 4.78 is 13.0. The van der Waals surface area contributed by atoms with Crippen LogP contribution in [0.5, 0.6) is 0 Å². The van der Waals surface area contributed by atoms with Gasteiger partial charge in [0, 0.05) is 31.1 Å². The Labute approximate surface area is 146 Å². The minimum Gasteiger partial charge on any atom is -0.334 e. The van der Waals surface area contributed by atoms with Crippen LogP contribution in [0.4, 0.5) is 4.39 Å². The number of carbonyl (C=O) groups excluding carboxylic acids is 1. The topological polar surface area (TPSA) is 36.4 Å². The van der Waals surface area contributed by atoms with E-state index in [1.807, 2.05) is 31.3 Å². The fourth-order valence-electron chi connectivity index (χ4n) is 2.12. The second-order valence-corrected chi connectivity index (χ2v) is 6.88. The zero-order valence-corrected chi connectivity index (χ0v) is 15.0. The van der Waals surface area contributed by atoms with Crippen LogP contribution in [0.1, 0.15) is 16.3 Å². The lowest BCUT2D eigenvalue weighted by Crippen LogP contribution is -2.35. The lowest BCUT2D eigenvalue weighted by atomic mass is 10.2. The molecule has 0 unspecified atom stereocenters. The number of carbonyl (C=O) groups is 1. The van der Waals surface area contributed by atoms with Crippen LogP contribution in [-0.2, 0) is 11.3 Å². The number of likely N-dealkylation sites (N-methyl/N-ethyl adjacent to an activating group) is 1. The van der Waals surface area contributed by atoms with Gasteiger partial charge in [-0.25, -0.2) is 9.37 Å². The van der Waals surface area contributed by atoms with Crippen molar-refractivity contribution in [2.24, 2.45) is 0 Å². The van der Waals surface area contributed by atoms with E-state index in [-0.39, 0.29) is 11.7 Å². The predicted molar refractivity (Wildman–Crippen MR) is 96.3 cm³/mol. The molecule has 24 heavy (non-hydrogen) atoms. The Morgan fingerprint density at radius 3 is 2.54 bits per heavy atom. The highest BCUT2D eigenvalue weighted by molar-refractivity contribution is 7.09. The molecule has 1 amide bonds. The van der Waals surface area contributed by atoms with Gasteiger partial charge in [0.1, 0.15) is 5.82 Å². The van der Waals surface area contributed by atoms with E-state index in [0.717, 1.165) is 22.8 Å². The molecule has 0 aliphatic heterocycles. The molecule has 0 fully saturated rings. The van der Waals surface area contributed by atoms with Crippen LogP contribution in [0.2, 0.25) is 0 Å². The SMILES string of the molecule is Cc1nc(C=CC(=O)N(CCN(C)C)Cc2ccc(F)cc2)cs1. The summed E-state index contributed by atoms with van der Waals surface area (Å²) in [5, 5.41) is 2.89. The van der Waals surface area contributed by atoms with Gasteiger partial charge >= 0.3 is 0 Å². The number of benzene rings is 1. The highest BCUT2D eigenvalue weighted by Gasteiger charge is 2.12. The van der Waals surface area contributed by atoms with Crippen molar-refractivity contribution in [1.29, 1.82) is 0 Å². The number of hydrogen-bond donors (Lipinski definition) is 0. The summed E-state index contributed by atoms with van der Waals surface area (Å²) in [5.41, 5.74) is 1.70. The predicted octanol–water partition coefficient (Wildman–Crippen LogP) is 3.19. The molecule has 0 spiro atoms. The zero-order chi connectivity index (χ0) is 17.5. The number of aromatic nitrogens is 1. The maximum absolute atomic E-state index is 13.0. The number of rotatable bonds is 7. The number of amides is 1. The van der Waals surface area contributed by atoms with Crippen LogP contribution in [0.15, 0.2) is 35.7 Å². The normalized spacial score (nSPS) is 11.4. The standard InChI is InChI=1S/C18H22FN3OS/c1-14-20-17(13-24-14)8-9-18(23)22(11-10-21(2)3)12-15-4-6-16(19)7-5-15/h4-9,13H,10-12H2,1-3H3. The molecule has 0 radical (unpaired) electrons. The molecule has 0 aliphatic carbocycles. The lowest BCUT2D eigenvalue weighted by molar-refractivity contribution is -0.126. The van der Waals surface area contributed by atoms with Gasteiger partial charge in [-0.05, 0) is 44.8 Å². The second kappa shape index (κ2) is 8.70. The van der Waals surface area contributed by atoms with Crippen LogP contribution in [0.3, 0.4) is 0 Å². The number of thiazole rings is 1. The van der Waals surface area contributed by atoms with Gasteiger partial charge in [0.25, 0.3) is 0 Å². The number of nitrogens with zero attached hydrogens (tertiary/aromatic N) is 3. The van der Waals surface area contributed by atoms with Gasteiger partial charge in [0.05, 0.1) is 10.7 Å². The first-order valence-corrected chi connectivity index (χ1v) is 8.60. The van der Waals surface area contributed by atoms with E-state index < -0.39 is 0 Å². The van der Waals surface area contributed by atoms with Crippen molar-refractivity contribution in [2.75, 3.05) is 27.2 Å². The third-order valence-corrected chi connectivity index (χ3v) is 4.24. The van der Waals surface area contributed by atoms with E-state index in [1.165, 1.54) is 12.1 Å². The highest BCUT2D eigenvalue weighted by Crippen LogP contribution is 2.11. The molecule has 1 aromatic heterocycles. The number of aryl methyl sites for hydroxylation is 1. The Balaban J connectivity index is 2.07. The molecular weight excluding hydrogens is 325 g/mol. The average molecular weight is 347 g/mol. The van der Waals surface area contributed by atoms with Crippen molar-refractivity contribution in [3.8, 4) is 0 Å². The molecule has 0 saturated heterocycles. The molecule has 0 atom stereocenters. The van der Waals surface area contributed by atoms with E-state index in [0.29, 0.717) is 13.1 Å². The van der Waals surface area contributed by atoms with Crippen molar-refractivity contribution in [1.82, 2.24) is 14.8 Å². The van der Waals surface area contributed by atoms with Crippen molar-refractivity contribution in [3.05, 3.63) is 57.8 Å². The maximum Gasteiger partial charge on any atom is 0.246 e. The minimum atomic E-state index is -0.274. The summed E-state index contributed by atoms with van der Waals surface area (Å²) in [6.07, 6.45) is 3.28. The van der Waals surface area contributed by atoms with E-state index in [2.05, 4.69) is 4.98 Å². The first kappa shape index (κ1) is 18.3. The molecule has 0 N–H and O–H groups in total. The Bertz CT molecular complexity index is 695. The molecule has 1 heterocycles. The summed E-state index contributed by atoms with van der Waals surface area (Å²) in [6, 6.07) is 6.24. The van der Waals surface area contributed by atoms with Gasteiger partial charge in [-0.1, -0.05) is 12.1 Å². The Morgan fingerprint density at radius 1 is 1.25 bits per heavy atom. The van der Waals surface area contributed by atoms with Crippen LogP contribution < -0.4 is 0 Å². The van der Waals surface area contributed by atoms with Crippen molar-refractivity contribution in [3.63, 3.8) is 0 Å². The molecule has 0 aliphatic rings. The largest absolute Gasteiger partial charge is 0.334 e. The van der Waals surface area contributed by atoms with Crippen molar-refractivity contribution in [2.45, 2.75) is 13.5 Å². The molecule has 2 rings (SSSR count). The molecule has 0 bridgehead atoms. The van der Waals surface area contributed by atoms with E-state index in [9.17, 15) is 9.18 Å². The summed E-state index contributed by atoms with van der Waals surface area (Å²) in [4.78, 5) is 20.6. The third-order valence-electron chi connectivity index (χ3n) is 3.45. The van der Waals surface area contributed by atoms with Crippen LogP contribution in [0.25, 0.3) is 6.08 Å². The van der Waals surface area contributed by atoms with Gasteiger partial charge in [0.15, 0.2) is 0 Å². The molecule has 2 aromatic rings. The zero-order valence-electron chi connectivity index (χ0n) is 14.2. The van der Waals surface area contributed by atoms with Crippen molar-refractivity contribution < 1.29 is 9.18 Å². The Kier molecular flexibility index (Phi) is 6.63. The van der Waals surface area contributed by atoms with Gasteiger partial charge in [-0.15, -0.1) is 11.3 Å². The maximum atomic E-state index is 13.0. The molecule has 1 aromatic carbocycles. The molecular formula is C18H22FN3OS. The van der Waals surface area contributed by atoms with Crippen molar-refractivity contribution >= 4 is 23.3 Å².